The van der Waals surface area contributed by atoms with Gasteiger partial charge in [-0.3, -0.25) is 9.79 Å². The second-order valence-electron chi connectivity index (χ2n) is 8.66. The number of nitrogens with one attached hydrogen (secondary N) is 1. The molecule has 2 rings (SSSR count). The molecular formula is C27H42N6O. The average molecular weight is 467 g/mol. The Morgan fingerprint density at radius 1 is 1.15 bits per heavy atom. The van der Waals surface area contributed by atoms with Crippen molar-refractivity contribution >= 4 is 18.0 Å². The zero-order valence-corrected chi connectivity index (χ0v) is 21.2. The Hall–Kier alpha value is -3.09. The van der Waals surface area contributed by atoms with Gasteiger partial charge < -0.3 is 20.9 Å². The van der Waals surface area contributed by atoms with Crippen molar-refractivity contribution in [2.24, 2.45) is 21.6 Å². The molecule has 0 aromatic carbocycles. The number of allylic oxidation sites excluding steroid dienone is 5. The first-order valence-corrected chi connectivity index (χ1v) is 12.4. The minimum absolute atomic E-state index is 0.0472. The number of carbonyl (C=O) groups is 1. The van der Waals surface area contributed by atoms with Crippen LogP contribution in [-0.2, 0) is 4.79 Å². The van der Waals surface area contributed by atoms with Gasteiger partial charge in [0.25, 0.3) is 0 Å². The molecule has 0 radical (unpaired) electrons. The molecule has 34 heavy (non-hydrogen) atoms. The van der Waals surface area contributed by atoms with Gasteiger partial charge in [0.05, 0.1) is 5.70 Å². The van der Waals surface area contributed by atoms with E-state index in [1.807, 2.05) is 26.3 Å². The molecule has 1 amide bonds. The van der Waals surface area contributed by atoms with Crippen LogP contribution < -0.4 is 11.1 Å². The third-order valence-corrected chi connectivity index (χ3v) is 6.33. The van der Waals surface area contributed by atoms with Crippen molar-refractivity contribution in [1.29, 1.82) is 0 Å². The number of likely N-dealkylation sites (tertiary alicyclic amines) is 2. The molecule has 0 bridgehead atoms. The summed E-state index contributed by atoms with van der Waals surface area (Å²) in [5.74, 6) is 0.712. The molecule has 0 saturated carbocycles. The van der Waals surface area contributed by atoms with Crippen molar-refractivity contribution in [3.63, 3.8) is 0 Å². The lowest BCUT2D eigenvalue weighted by molar-refractivity contribution is -0.122. The van der Waals surface area contributed by atoms with Gasteiger partial charge in [0.1, 0.15) is 5.84 Å². The molecule has 2 aliphatic rings. The van der Waals surface area contributed by atoms with E-state index in [1.54, 1.807) is 12.4 Å². The van der Waals surface area contributed by atoms with Crippen LogP contribution in [0.15, 0.2) is 70.2 Å². The number of piperidine rings is 1. The van der Waals surface area contributed by atoms with Gasteiger partial charge in [-0.05, 0) is 57.6 Å². The Morgan fingerprint density at radius 2 is 1.85 bits per heavy atom. The van der Waals surface area contributed by atoms with Crippen molar-refractivity contribution in [3.05, 3.63) is 60.3 Å². The summed E-state index contributed by atoms with van der Waals surface area (Å²) in [6.45, 7) is 11.9. The predicted molar refractivity (Wildman–Crippen MR) is 143 cm³/mol. The third kappa shape index (κ3) is 8.69. The smallest absolute Gasteiger partial charge is 0.220 e. The van der Waals surface area contributed by atoms with Crippen LogP contribution in [0.1, 0.15) is 52.4 Å². The van der Waals surface area contributed by atoms with Crippen molar-refractivity contribution in [1.82, 2.24) is 15.1 Å². The minimum atomic E-state index is -0.203. The molecule has 186 valence electrons. The molecule has 3 N–H and O–H groups in total. The number of rotatable bonds is 11. The monoisotopic (exact) mass is 466 g/mol. The first kappa shape index (κ1) is 27.2. The molecule has 0 aliphatic carbocycles. The summed E-state index contributed by atoms with van der Waals surface area (Å²) in [7, 11) is 1.84. The van der Waals surface area contributed by atoms with Gasteiger partial charge in [0, 0.05) is 69.9 Å². The molecule has 0 spiro atoms. The number of hydrogen-bond acceptors (Lipinski definition) is 5. The molecule has 2 aliphatic heterocycles. The van der Waals surface area contributed by atoms with Gasteiger partial charge in [-0.1, -0.05) is 24.8 Å². The minimum Gasteiger partial charge on any atom is -0.393 e. The Kier molecular flexibility index (Phi) is 11.9. The van der Waals surface area contributed by atoms with E-state index in [1.165, 1.54) is 18.5 Å². The van der Waals surface area contributed by atoms with Crippen molar-refractivity contribution in [2.75, 3.05) is 33.2 Å². The van der Waals surface area contributed by atoms with Gasteiger partial charge in [-0.25, -0.2) is 4.99 Å². The Morgan fingerprint density at radius 3 is 2.44 bits per heavy atom. The van der Waals surface area contributed by atoms with E-state index in [9.17, 15) is 4.79 Å². The fourth-order valence-electron chi connectivity index (χ4n) is 4.28. The van der Waals surface area contributed by atoms with Gasteiger partial charge in [0.2, 0.25) is 5.91 Å². The highest BCUT2D eigenvalue weighted by Crippen LogP contribution is 2.21. The zero-order chi connectivity index (χ0) is 24.8. The van der Waals surface area contributed by atoms with Crippen molar-refractivity contribution in [3.8, 4) is 0 Å². The maximum Gasteiger partial charge on any atom is 0.220 e. The van der Waals surface area contributed by atoms with E-state index in [2.05, 4.69) is 51.8 Å². The summed E-state index contributed by atoms with van der Waals surface area (Å²) in [6, 6.07) is 0. The van der Waals surface area contributed by atoms with Gasteiger partial charge in [0.15, 0.2) is 0 Å². The van der Waals surface area contributed by atoms with E-state index in [0.717, 1.165) is 62.5 Å². The Labute approximate surface area is 205 Å². The second kappa shape index (κ2) is 14.9. The van der Waals surface area contributed by atoms with E-state index < -0.39 is 0 Å². The first-order chi connectivity index (χ1) is 16.5. The van der Waals surface area contributed by atoms with Gasteiger partial charge in [-0.2, -0.15) is 0 Å². The number of nitrogens with zero attached hydrogens (tertiary/aromatic N) is 4. The lowest BCUT2D eigenvalue weighted by Gasteiger charge is -2.33. The quantitative estimate of drug-likeness (QED) is 0.272. The highest BCUT2D eigenvalue weighted by Gasteiger charge is 2.24. The maximum atomic E-state index is 11.6. The standard InChI is InChI=1S/C27H42N6O/c1-5-24(32-18-7-8-19-32)11-9-10-22(3)25(6-2)31-26(12-15-30-17-16-29-4)33-20-13-23(14-21-33)27(28)34/h5-6,10-11,15-17,23,29H,1,7-9,12-14,18-21H2,2-4H3,(H2,28,34)/b17-16-,22-10+,24-11+,25-6-,30-15?,31-26?. The number of hydrogen-bond donors (Lipinski definition) is 2. The van der Waals surface area contributed by atoms with Crippen LogP contribution in [-0.4, -0.2) is 61.0 Å². The van der Waals surface area contributed by atoms with E-state index in [0.29, 0.717) is 6.42 Å². The largest absolute Gasteiger partial charge is 0.393 e. The maximum absolute atomic E-state index is 11.6. The van der Waals surface area contributed by atoms with Crippen molar-refractivity contribution in [2.45, 2.75) is 52.4 Å². The lowest BCUT2D eigenvalue weighted by atomic mass is 9.96. The number of nitrogens with two attached hydrogens (primary N) is 1. The molecule has 0 aromatic heterocycles. The topological polar surface area (TPSA) is 86.3 Å². The van der Waals surface area contributed by atoms with Gasteiger partial charge in [-0.15, -0.1) is 0 Å². The van der Waals surface area contributed by atoms with Crippen LogP contribution in [0.3, 0.4) is 0 Å². The Bertz CT molecular complexity index is 850. The first-order valence-electron chi connectivity index (χ1n) is 12.4. The summed E-state index contributed by atoms with van der Waals surface area (Å²) in [4.78, 5) is 25.6. The molecule has 2 fully saturated rings. The number of carbonyl (C=O) groups excluding carboxylic acids is 1. The molecule has 0 atom stereocenters. The molecule has 0 unspecified atom stereocenters. The van der Waals surface area contributed by atoms with Crippen LogP contribution in [0, 0.1) is 5.92 Å². The number of aliphatic imine (C=N–C) groups is 2. The molecule has 7 nitrogen and oxygen atoms in total. The van der Waals surface area contributed by atoms with Crippen LogP contribution in [0.4, 0.5) is 0 Å². The van der Waals surface area contributed by atoms with E-state index in [4.69, 9.17) is 10.7 Å². The van der Waals surface area contributed by atoms with Crippen LogP contribution >= 0.6 is 0 Å². The number of amides is 1. The summed E-state index contributed by atoms with van der Waals surface area (Å²) < 4.78 is 0. The van der Waals surface area contributed by atoms with Gasteiger partial charge >= 0.3 is 0 Å². The van der Waals surface area contributed by atoms with E-state index >= 15 is 0 Å². The van der Waals surface area contributed by atoms with Crippen LogP contribution in [0.5, 0.6) is 0 Å². The van der Waals surface area contributed by atoms with Crippen LogP contribution in [0.25, 0.3) is 0 Å². The normalized spacial score (nSPS) is 19.5. The summed E-state index contributed by atoms with van der Waals surface area (Å²) >= 11 is 0. The predicted octanol–water partition coefficient (Wildman–Crippen LogP) is 4.14. The zero-order valence-electron chi connectivity index (χ0n) is 21.2. The summed E-state index contributed by atoms with van der Waals surface area (Å²) in [5, 5.41) is 2.93. The molecule has 0 aromatic rings. The third-order valence-electron chi connectivity index (χ3n) is 6.33. The molecular weight excluding hydrogens is 424 g/mol. The fraction of sp³-hybridized carbons (Fsp3) is 0.519. The van der Waals surface area contributed by atoms with Crippen LogP contribution in [0.2, 0.25) is 0 Å². The number of primary amides is 1. The summed E-state index contributed by atoms with van der Waals surface area (Å²) in [6.07, 6.45) is 19.3. The summed E-state index contributed by atoms with van der Waals surface area (Å²) in [5.41, 5.74) is 8.84. The highest BCUT2D eigenvalue weighted by molar-refractivity contribution is 5.95. The average Bonchev–Trinajstić information content (AvgIpc) is 3.38. The molecule has 2 heterocycles. The highest BCUT2D eigenvalue weighted by atomic mass is 16.1. The molecule has 2 saturated heterocycles. The lowest BCUT2D eigenvalue weighted by Crippen LogP contribution is -2.42. The molecule has 7 heteroatoms. The van der Waals surface area contributed by atoms with E-state index in [-0.39, 0.29) is 11.8 Å². The van der Waals surface area contributed by atoms with Crippen molar-refractivity contribution < 1.29 is 4.79 Å². The second-order valence-corrected chi connectivity index (χ2v) is 8.66. The SMILES string of the molecule is C=C/C(=C\C/C=C(C)/C(=C/C)N=C(CC=N/C=C\NC)N1CCC(C(N)=O)CC1)N1CCCC1. The Balaban J connectivity index is 2.15. The number of amidine groups is 1. The fourth-order valence-corrected chi connectivity index (χ4v) is 4.28.